The van der Waals surface area contributed by atoms with Gasteiger partial charge < -0.3 is 28.4 Å². The summed E-state index contributed by atoms with van der Waals surface area (Å²) in [7, 11) is 0. The number of hydrogen-bond donors (Lipinski definition) is 0. The molecule has 6 aromatic rings. The van der Waals surface area contributed by atoms with E-state index in [1.165, 1.54) is 120 Å². The van der Waals surface area contributed by atoms with E-state index in [1.54, 1.807) is 49.4 Å². The highest BCUT2D eigenvalue weighted by molar-refractivity contribution is 5.97. The van der Waals surface area contributed by atoms with Crippen molar-refractivity contribution in [1.82, 2.24) is 0 Å². The third-order valence-electron chi connectivity index (χ3n) is 12.3. The minimum absolute atomic E-state index is 0.0887. The van der Waals surface area contributed by atoms with Crippen molar-refractivity contribution < 1.29 is 56.4 Å². The Balaban J connectivity index is 0.931. The first-order valence-electron chi connectivity index (χ1n) is 27.2. The average Bonchev–Trinajstić information content (AvgIpc) is 3.69. The van der Waals surface area contributed by atoms with Crippen LogP contribution in [-0.2, 0) is 9.59 Å². The van der Waals surface area contributed by atoms with Gasteiger partial charge in [-0.1, -0.05) is 114 Å². The molecule has 0 aromatic heterocycles. The van der Waals surface area contributed by atoms with E-state index in [0.29, 0.717) is 28.7 Å². The van der Waals surface area contributed by atoms with E-state index in [1.807, 2.05) is 24.3 Å². The lowest BCUT2D eigenvalue weighted by Crippen LogP contribution is -2.12. The Hall–Kier alpha value is -10.7. The van der Waals surface area contributed by atoms with Gasteiger partial charge in [-0.25, -0.2) is 28.0 Å². The van der Waals surface area contributed by atoms with Gasteiger partial charge in [-0.3, -0.25) is 0 Å². The van der Waals surface area contributed by atoms with Crippen LogP contribution in [0.5, 0.6) is 34.5 Å². The van der Waals surface area contributed by atoms with E-state index >= 15 is 8.78 Å². The second-order valence-electron chi connectivity index (χ2n) is 18.8. The molecule has 0 bridgehead atoms. The average molecular weight is 1120 g/mol. The van der Waals surface area contributed by atoms with E-state index in [-0.39, 0.29) is 39.5 Å². The molecule has 0 unspecified atom stereocenters. The Morgan fingerprint density at radius 1 is 0.440 bits per heavy atom. The monoisotopic (exact) mass is 1120 g/mol. The van der Waals surface area contributed by atoms with Crippen LogP contribution in [0.2, 0.25) is 0 Å². The molecular formula is C72H58F2O10. The largest absolute Gasteiger partial charge is 0.494 e. The van der Waals surface area contributed by atoms with Crippen LogP contribution >= 0.6 is 0 Å². The summed E-state index contributed by atoms with van der Waals surface area (Å²) in [6.45, 7) is 5.93. The minimum Gasteiger partial charge on any atom is -0.494 e. The van der Waals surface area contributed by atoms with Gasteiger partial charge in [-0.05, 0) is 175 Å². The Labute approximate surface area is 489 Å². The van der Waals surface area contributed by atoms with Crippen LogP contribution < -0.4 is 28.4 Å². The fraction of sp³-hybridized carbons (Fsp3) is 0.222. The molecular weight excluding hydrogens is 1060 g/mol. The van der Waals surface area contributed by atoms with Crippen molar-refractivity contribution in [1.29, 1.82) is 0 Å². The van der Waals surface area contributed by atoms with E-state index in [0.717, 1.165) is 42.4 Å². The predicted octanol–water partition coefficient (Wildman–Crippen LogP) is 14.6. The Bertz CT molecular complexity index is 3850. The SMILES string of the molecule is C#CC#CC#CC#CC#CC#CC#COc1ccc(/C=C(\C)C(=O)Oc2ccc(C(=O)Oc3ccc4ccc(OC(=O)c5ccc(OC(=O)/C(C)=C/c6ccc(OCCCCCCCCCCCCCC)cc6)c(F)c5)cc4c3)cc2F)cc1. The topological polar surface area (TPSA) is 124 Å². The summed E-state index contributed by atoms with van der Waals surface area (Å²) >= 11 is 0. The highest BCUT2D eigenvalue weighted by atomic mass is 19.1. The molecule has 0 spiro atoms. The van der Waals surface area contributed by atoms with Crippen LogP contribution in [0.25, 0.3) is 22.9 Å². The number of fused-ring (bicyclic) bond motifs is 1. The molecule has 0 radical (unpaired) electrons. The maximum Gasteiger partial charge on any atom is 0.343 e. The van der Waals surface area contributed by atoms with Crippen molar-refractivity contribution >= 4 is 46.8 Å². The van der Waals surface area contributed by atoms with E-state index < -0.39 is 41.3 Å². The number of rotatable bonds is 25. The molecule has 0 saturated heterocycles. The lowest BCUT2D eigenvalue weighted by molar-refractivity contribution is -0.131. The molecule has 6 rings (SSSR count). The molecule has 0 saturated carbocycles. The predicted molar refractivity (Wildman–Crippen MR) is 321 cm³/mol. The van der Waals surface area contributed by atoms with Crippen LogP contribution in [0, 0.1) is 95.2 Å². The quantitative estimate of drug-likeness (QED) is 0.0180. The molecule has 0 amide bonds. The fourth-order valence-electron chi connectivity index (χ4n) is 7.91. The number of carbonyl (C=O) groups excluding carboxylic acids is 4. The van der Waals surface area contributed by atoms with Crippen molar-refractivity contribution in [2.24, 2.45) is 0 Å². The summed E-state index contributed by atoms with van der Waals surface area (Å²) in [5.74, 6) is 24.4. The zero-order chi connectivity index (χ0) is 59.7. The summed E-state index contributed by atoms with van der Waals surface area (Å²) in [5, 5.41) is 1.20. The molecule has 10 nitrogen and oxygen atoms in total. The third-order valence-corrected chi connectivity index (χ3v) is 12.3. The minimum atomic E-state index is -0.988. The number of ether oxygens (including phenoxy) is 6. The van der Waals surface area contributed by atoms with Crippen LogP contribution in [0.4, 0.5) is 8.78 Å². The van der Waals surface area contributed by atoms with Crippen molar-refractivity contribution in [2.45, 2.75) is 97.8 Å². The normalized spacial score (nSPS) is 10.3. The molecule has 0 N–H and O–H groups in total. The van der Waals surface area contributed by atoms with Crippen molar-refractivity contribution in [3.8, 4) is 118 Å². The maximum absolute atomic E-state index is 15.3. The number of unbranched alkanes of at least 4 members (excludes halogenated alkanes) is 11. The lowest BCUT2D eigenvalue weighted by atomic mass is 10.1. The van der Waals surface area contributed by atoms with Gasteiger partial charge in [0.2, 0.25) is 0 Å². The molecule has 0 aliphatic heterocycles. The molecule has 0 heterocycles. The molecule has 84 heavy (non-hydrogen) atoms. The van der Waals surface area contributed by atoms with Gasteiger partial charge in [0.1, 0.15) is 29.1 Å². The zero-order valence-electron chi connectivity index (χ0n) is 46.8. The molecule has 12 heteroatoms. The number of terminal acetylenes is 1. The molecule has 0 aliphatic rings. The molecule has 0 fully saturated rings. The first kappa shape index (κ1) is 62.5. The molecule has 420 valence electrons. The van der Waals surface area contributed by atoms with Crippen LogP contribution in [0.15, 0.2) is 132 Å². The number of carbonyl (C=O) groups is 4. The molecule has 0 atom stereocenters. The van der Waals surface area contributed by atoms with Gasteiger partial charge in [0.15, 0.2) is 23.1 Å². The summed E-state index contributed by atoms with van der Waals surface area (Å²) in [4.78, 5) is 52.2. The first-order valence-corrected chi connectivity index (χ1v) is 27.2. The van der Waals surface area contributed by atoms with Crippen LogP contribution in [-0.4, -0.2) is 30.5 Å². The van der Waals surface area contributed by atoms with Crippen molar-refractivity contribution in [2.75, 3.05) is 6.61 Å². The highest BCUT2D eigenvalue weighted by Gasteiger charge is 2.19. The van der Waals surface area contributed by atoms with Crippen molar-refractivity contribution in [3.63, 3.8) is 0 Å². The zero-order valence-corrected chi connectivity index (χ0v) is 46.8. The third kappa shape index (κ3) is 21.8. The summed E-state index contributed by atoms with van der Waals surface area (Å²) in [6, 6.07) is 29.9. The molecule has 0 aliphatic carbocycles. The summed E-state index contributed by atoms with van der Waals surface area (Å²) < 4.78 is 63.4. The highest BCUT2D eigenvalue weighted by Crippen LogP contribution is 2.29. The Morgan fingerprint density at radius 2 is 0.845 bits per heavy atom. The second kappa shape index (κ2) is 34.5. The summed E-state index contributed by atoms with van der Waals surface area (Å²) in [5.41, 5.74) is 1.41. The van der Waals surface area contributed by atoms with Gasteiger partial charge in [-0.15, -0.1) is 6.42 Å². The maximum atomic E-state index is 15.3. The van der Waals surface area contributed by atoms with E-state index in [4.69, 9.17) is 34.8 Å². The lowest BCUT2D eigenvalue weighted by Gasteiger charge is -2.10. The number of halogens is 2. The second-order valence-corrected chi connectivity index (χ2v) is 18.8. The standard InChI is InChI=1S/C72H58F2O10/c1-5-7-9-11-13-15-17-19-21-23-25-27-45-79-61-37-29-55(30-38-61)47-53(3)69(75)83-67-43-35-58(51-65(67)73)71(77)81-63-41-33-57-34-42-64(50-60(57)49-63)82-72(78)59-36-44-68(66(74)52-59)84-70(76)54(4)48-56-31-39-62(40-32-56)80-46-28-26-24-22-20-18-16-14-12-10-8-6-2/h1,29-44,47-52H,6,8,10,12,14,16,18,20,22,24,26,28,46H2,2-4H3/b53-47+,54-48+. The van der Waals surface area contributed by atoms with E-state index in [9.17, 15) is 19.2 Å². The number of hydrogen-bond acceptors (Lipinski definition) is 10. The van der Waals surface area contributed by atoms with Crippen LogP contribution in [0.1, 0.15) is 130 Å². The van der Waals surface area contributed by atoms with Gasteiger partial charge in [0.05, 0.1) is 17.7 Å². The van der Waals surface area contributed by atoms with Gasteiger partial charge in [-0.2, -0.15) is 0 Å². The first-order chi connectivity index (χ1) is 40.9. The van der Waals surface area contributed by atoms with E-state index in [2.05, 4.69) is 84.1 Å². The van der Waals surface area contributed by atoms with Crippen LogP contribution in [0.3, 0.4) is 0 Å². The Kier molecular flexibility index (Phi) is 25.6. The van der Waals surface area contributed by atoms with Crippen molar-refractivity contribution in [3.05, 3.63) is 166 Å². The Morgan fingerprint density at radius 3 is 1.29 bits per heavy atom. The smallest absolute Gasteiger partial charge is 0.343 e. The number of benzene rings is 6. The van der Waals surface area contributed by atoms with Gasteiger partial charge in [0, 0.05) is 46.7 Å². The van der Waals surface area contributed by atoms with Gasteiger partial charge >= 0.3 is 23.9 Å². The molecule has 6 aromatic carbocycles. The number of esters is 4. The fourth-order valence-corrected chi connectivity index (χ4v) is 7.91. The summed E-state index contributed by atoms with van der Waals surface area (Å²) in [6.07, 6.45) is 25.9. The van der Waals surface area contributed by atoms with Gasteiger partial charge in [0.25, 0.3) is 0 Å².